The molecule has 1 saturated carbocycles. The third-order valence-electron chi connectivity index (χ3n) is 6.21. The van der Waals surface area contributed by atoms with Crippen molar-refractivity contribution in [3.8, 4) is 11.4 Å². The molecule has 1 aliphatic heterocycles. The average Bonchev–Trinajstić information content (AvgIpc) is 3.23. The number of aromatic nitrogens is 4. The van der Waals surface area contributed by atoms with Crippen molar-refractivity contribution in [2.45, 2.75) is 77.7 Å². The molecule has 152 valence electrons. The molecular weight excluding hydrogens is 352 g/mol. The zero-order valence-corrected chi connectivity index (χ0v) is 17.1. The van der Waals surface area contributed by atoms with Crippen molar-refractivity contribution in [2.24, 2.45) is 11.8 Å². The molecule has 1 atom stereocenters. The van der Waals surface area contributed by atoms with Crippen LogP contribution in [0.5, 0.6) is 0 Å². The van der Waals surface area contributed by atoms with E-state index in [-0.39, 0.29) is 6.23 Å². The van der Waals surface area contributed by atoms with E-state index in [1.807, 2.05) is 23.0 Å². The smallest absolute Gasteiger partial charge is 0.183 e. The van der Waals surface area contributed by atoms with Gasteiger partial charge in [0.2, 0.25) is 0 Å². The average molecular weight is 385 g/mol. The number of ether oxygens (including phenoxy) is 2. The molecule has 2 aromatic rings. The second-order valence-corrected chi connectivity index (χ2v) is 8.46. The molecule has 1 aliphatic carbocycles. The minimum atomic E-state index is 0.00233. The maximum absolute atomic E-state index is 6.23. The van der Waals surface area contributed by atoms with Gasteiger partial charge in [0.15, 0.2) is 12.1 Å². The summed E-state index contributed by atoms with van der Waals surface area (Å²) in [5.74, 6) is 2.32. The van der Waals surface area contributed by atoms with Crippen molar-refractivity contribution in [2.75, 3.05) is 6.61 Å². The van der Waals surface area contributed by atoms with Crippen LogP contribution in [0.15, 0.2) is 24.7 Å². The normalized spacial score (nSPS) is 25.9. The van der Waals surface area contributed by atoms with Crippen LogP contribution < -0.4 is 0 Å². The zero-order chi connectivity index (χ0) is 19.3. The molecule has 6 heteroatoms. The summed E-state index contributed by atoms with van der Waals surface area (Å²) >= 11 is 0. The van der Waals surface area contributed by atoms with E-state index in [2.05, 4.69) is 28.9 Å². The van der Waals surface area contributed by atoms with Gasteiger partial charge in [0.25, 0.3) is 0 Å². The summed E-state index contributed by atoms with van der Waals surface area (Å²) in [4.78, 5) is 9.08. The molecule has 0 N–H and O–H groups in total. The van der Waals surface area contributed by atoms with E-state index >= 15 is 0 Å². The molecular formula is C22H32N4O2. The number of nitrogens with zero attached hydrogens (tertiary/aromatic N) is 4. The SMILES string of the molecule is CC(C)[C@H]1CC[C@@H](OCc2ncccc2-c2ncn(C3CCCCO3)n2)CC1. The molecule has 3 heterocycles. The number of pyridine rings is 1. The molecule has 28 heavy (non-hydrogen) atoms. The van der Waals surface area contributed by atoms with Crippen molar-refractivity contribution in [1.82, 2.24) is 19.7 Å². The van der Waals surface area contributed by atoms with E-state index in [4.69, 9.17) is 9.47 Å². The van der Waals surface area contributed by atoms with Crippen LogP contribution in [-0.4, -0.2) is 32.5 Å². The van der Waals surface area contributed by atoms with Crippen LogP contribution in [-0.2, 0) is 16.1 Å². The van der Waals surface area contributed by atoms with Crippen LogP contribution in [0.25, 0.3) is 11.4 Å². The lowest BCUT2D eigenvalue weighted by molar-refractivity contribution is -0.0395. The van der Waals surface area contributed by atoms with E-state index in [0.29, 0.717) is 18.5 Å². The second-order valence-electron chi connectivity index (χ2n) is 8.46. The van der Waals surface area contributed by atoms with Gasteiger partial charge >= 0.3 is 0 Å². The highest BCUT2D eigenvalue weighted by molar-refractivity contribution is 5.57. The molecule has 4 rings (SSSR count). The molecule has 2 aromatic heterocycles. The third kappa shape index (κ3) is 4.61. The standard InChI is InChI=1S/C22H32N4O2/c1-16(2)17-8-10-18(11-9-17)28-14-20-19(6-5-12-23-20)22-24-15-26(25-22)21-7-3-4-13-27-21/h5-6,12,15-18,21H,3-4,7-11,13-14H2,1-2H3/t17-,18+,21?. The molecule has 1 saturated heterocycles. The molecule has 0 amide bonds. The molecule has 1 unspecified atom stereocenters. The van der Waals surface area contributed by atoms with Gasteiger partial charge in [-0.3, -0.25) is 4.98 Å². The van der Waals surface area contributed by atoms with Gasteiger partial charge in [0.1, 0.15) is 6.33 Å². The molecule has 0 radical (unpaired) electrons. The molecule has 0 bridgehead atoms. The first-order valence-electron chi connectivity index (χ1n) is 10.8. The fourth-order valence-electron chi connectivity index (χ4n) is 4.34. The Labute approximate surface area is 167 Å². The van der Waals surface area contributed by atoms with Crippen molar-refractivity contribution in [3.05, 3.63) is 30.4 Å². The summed E-state index contributed by atoms with van der Waals surface area (Å²) < 4.78 is 13.9. The van der Waals surface area contributed by atoms with Crippen LogP contribution in [0, 0.1) is 11.8 Å². The summed E-state index contributed by atoms with van der Waals surface area (Å²) in [6.45, 7) is 5.97. The molecule has 0 spiro atoms. The number of hydrogen-bond acceptors (Lipinski definition) is 5. The van der Waals surface area contributed by atoms with E-state index in [1.165, 1.54) is 19.3 Å². The van der Waals surface area contributed by atoms with Gasteiger partial charge in [0, 0.05) is 18.4 Å². The van der Waals surface area contributed by atoms with Gasteiger partial charge in [-0.2, -0.15) is 0 Å². The zero-order valence-electron chi connectivity index (χ0n) is 17.1. The summed E-state index contributed by atoms with van der Waals surface area (Å²) in [5, 5.41) is 4.67. The Morgan fingerprint density at radius 3 is 2.75 bits per heavy atom. The second kappa shape index (κ2) is 9.14. The quantitative estimate of drug-likeness (QED) is 0.718. The summed E-state index contributed by atoms with van der Waals surface area (Å²) in [6.07, 6.45) is 12.1. The fraction of sp³-hybridized carbons (Fsp3) is 0.682. The number of hydrogen-bond donors (Lipinski definition) is 0. The molecule has 2 aliphatic rings. The molecule has 6 nitrogen and oxygen atoms in total. The Hall–Kier alpha value is -1.79. The predicted octanol–water partition coefficient (Wildman–Crippen LogP) is 4.77. The largest absolute Gasteiger partial charge is 0.372 e. The Balaban J connectivity index is 1.39. The highest BCUT2D eigenvalue weighted by Crippen LogP contribution is 2.32. The van der Waals surface area contributed by atoms with Crippen LogP contribution in [0.3, 0.4) is 0 Å². The lowest BCUT2D eigenvalue weighted by atomic mass is 9.80. The van der Waals surface area contributed by atoms with Crippen molar-refractivity contribution < 1.29 is 9.47 Å². The fourth-order valence-corrected chi connectivity index (χ4v) is 4.34. The van der Waals surface area contributed by atoms with Crippen molar-refractivity contribution in [1.29, 1.82) is 0 Å². The lowest BCUT2D eigenvalue weighted by Crippen LogP contribution is -2.24. The summed E-state index contributed by atoms with van der Waals surface area (Å²) in [7, 11) is 0. The Morgan fingerprint density at radius 1 is 1.14 bits per heavy atom. The minimum absolute atomic E-state index is 0.00233. The van der Waals surface area contributed by atoms with E-state index in [0.717, 1.165) is 55.4 Å². The molecule has 2 fully saturated rings. The van der Waals surface area contributed by atoms with Gasteiger partial charge < -0.3 is 9.47 Å². The van der Waals surface area contributed by atoms with Gasteiger partial charge in [-0.05, 0) is 68.9 Å². The van der Waals surface area contributed by atoms with Gasteiger partial charge in [-0.25, -0.2) is 9.67 Å². The van der Waals surface area contributed by atoms with Crippen LogP contribution in [0.1, 0.15) is 70.7 Å². The highest BCUT2D eigenvalue weighted by atomic mass is 16.5. The van der Waals surface area contributed by atoms with E-state index < -0.39 is 0 Å². The third-order valence-corrected chi connectivity index (χ3v) is 6.21. The van der Waals surface area contributed by atoms with Crippen molar-refractivity contribution in [3.63, 3.8) is 0 Å². The summed E-state index contributed by atoms with van der Waals surface area (Å²) in [6, 6.07) is 3.97. The van der Waals surface area contributed by atoms with Gasteiger partial charge in [0.05, 0.1) is 18.4 Å². The first kappa shape index (κ1) is 19.5. The lowest BCUT2D eigenvalue weighted by Gasteiger charge is -2.30. The first-order valence-corrected chi connectivity index (χ1v) is 10.8. The van der Waals surface area contributed by atoms with Gasteiger partial charge in [-0.15, -0.1) is 5.10 Å². The summed E-state index contributed by atoms with van der Waals surface area (Å²) in [5.41, 5.74) is 1.86. The Bertz CT molecular complexity index is 746. The topological polar surface area (TPSA) is 62.1 Å². The highest BCUT2D eigenvalue weighted by Gasteiger charge is 2.24. The maximum atomic E-state index is 6.23. The maximum Gasteiger partial charge on any atom is 0.183 e. The Kier molecular flexibility index (Phi) is 6.37. The molecule has 0 aromatic carbocycles. The van der Waals surface area contributed by atoms with E-state index in [9.17, 15) is 0 Å². The Morgan fingerprint density at radius 2 is 2.00 bits per heavy atom. The van der Waals surface area contributed by atoms with Crippen LogP contribution in [0.4, 0.5) is 0 Å². The predicted molar refractivity (Wildman–Crippen MR) is 107 cm³/mol. The van der Waals surface area contributed by atoms with E-state index in [1.54, 1.807) is 6.33 Å². The van der Waals surface area contributed by atoms with Crippen molar-refractivity contribution >= 4 is 0 Å². The monoisotopic (exact) mass is 384 g/mol. The first-order chi connectivity index (χ1) is 13.7. The number of rotatable bonds is 6. The van der Waals surface area contributed by atoms with Crippen LogP contribution >= 0.6 is 0 Å². The minimum Gasteiger partial charge on any atom is -0.372 e. The van der Waals surface area contributed by atoms with Crippen LogP contribution in [0.2, 0.25) is 0 Å². The van der Waals surface area contributed by atoms with Gasteiger partial charge in [-0.1, -0.05) is 13.8 Å².